The minimum absolute atomic E-state index is 0.00553. The van der Waals surface area contributed by atoms with Gasteiger partial charge in [-0.3, -0.25) is 0 Å². The molecule has 1 aromatic heterocycles. The number of nitrogens with zero attached hydrogens (tertiary/aromatic N) is 1. The minimum atomic E-state index is -1.07. The van der Waals surface area contributed by atoms with Crippen LogP contribution in [0.15, 0.2) is 12.3 Å². The van der Waals surface area contributed by atoms with Crippen LogP contribution in [0.5, 0.6) is 11.5 Å². The standard InChI is InChI=1S/C12H15NO4/c1-7(2)16-11-6-13-9(12(14)15)5-10(11)17-8-3-4-8/h5-8H,3-4H2,1-2H3,(H,14,15). The Bertz CT molecular complexity index is 427. The van der Waals surface area contributed by atoms with Crippen LogP contribution in [0.25, 0.3) is 0 Å². The van der Waals surface area contributed by atoms with E-state index in [1.165, 1.54) is 12.3 Å². The van der Waals surface area contributed by atoms with E-state index >= 15 is 0 Å². The van der Waals surface area contributed by atoms with Gasteiger partial charge in [0.05, 0.1) is 18.4 Å². The Labute approximate surface area is 99.4 Å². The van der Waals surface area contributed by atoms with Crippen molar-refractivity contribution in [1.29, 1.82) is 0 Å². The van der Waals surface area contributed by atoms with Gasteiger partial charge in [-0.05, 0) is 26.7 Å². The Kier molecular flexibility index (Phi) is 3.17. The largest absolute Gasteiger partial charge is 0.486 e. The average molecular weight is 237 g/mol. The predicted octanol–water partition coefficient (Wildman–Crippen LogP) is 2.11. The van der Waals surface area contributed by atoms with E-state index in [1.807, 2.05) is 13.8 Å². The summed E-state index contributed by atoms with van der Waals surface area (Å²) in [5, 5.41) is 8.87. The first-order valence-electron chi connectivity index (χ1n) is 5.63. The summed E-state index contributed by atoms with van der Waals surface area (Å²) in [7, 11) is 0. The van der Waals surface area contributed by atoms with Gasteiger partial charge in [-0.25, -0.2) is 9.78 Å². The van der Waals surface area contributed by atoms with Gasteiger partial charge in [0.1, 0.15) is 0 Å². The molecular weight excluding hydrogens is 222 g/mol. The summed E-state index contributed by atoms with van der Waals surface area (Å²) in [5.74, 6) is -0.104. The Morgan fingerprint density at radius 3 is 2.71 bits per heavy atom. The van der Waals surface area contributed by atoms with E-state index in [9.17, 15) is 4.79 Å². The van der Waals surface area contributed by atoms with Crippen LogP contribution >= 0.6 is 0 Å². The topological polar surface area (TPSA) is 68.7 Å². The molecule has 0 amide bonds. The number of ether oxygens (including phenoxy) is 2. The van der Waals surface area contributed by atoms with Gasteiger partial charge in [0, 0.05) is 6.07 Å². The molecule has 1 N–H and O–H groups in total. The quantitative estimate of drug-likeness (QED) is 0.849. The third-order valence-corrected chi connectivity index (χ3v) is 2.23. The van der Waals surface area contributed by atoms with Crippen molar-refractivity contribution in [2.24, 2.45) is 0 Å². The van der Waals surface area contributed by atoms with E-state index < -0.39 is 5.97 Å². The number of aromatic carboxylic acids is 1. The van der Waals surface area contributed by atoms with Crippen LogP contribution in [0.2, 0.25) is 0 Å². The molecule has 1 fully saturated rings. The van der Waals surface area contributed by atoms with Gasteiger partial charge in [0.25, 0.3) is 0 Å². The normalized spacial score (nSPS) is 14.8. The van der Waals surface area contributed by atoms with Gasteiger partial charge < -0.3 is 14.6 Å². The lowest BCUT2D eigenvalue weighted by Crippen LogP contribution is -2.10. The maximum Gasteiger partial charge on any atom is 0.354 e. The number of hydrogen-bond acceptors (Lipinski definition) is 4. The van der Waals surface area contributed by atoms with Crippen LogP contribution in [0.1, 0.15) is 37.2 Å². The first-order chi connectivity index (χ1) is 8.06. The fourth-order valence-electron chi connectivity index (χ4n) is 1.34. The number of hydrogen-bond donors (Lipinski definition) is 1. The molecule has 1 aliphatic carbocycles. The molecule has 0 unspecified atom stereocenters. The molecule has 0 saturated heterocycles. The molecule has 0 bridgehead atoms. The maximum absolute atomic E-state index is 10.8. The van der Waals surface area contributed by atoms with E-state index in [0.717, 1.165) is 12.8 Å². The predicted molar refractivity (Wildman–Crippen MR) is 60.6 cm³/mol. The van der Waals surface area contributed by atoms with Crippen LogP contribution < -0.4 is 9.47 Å². The minimum Gasteiger partial charge on any atom is -0.486 e. The molecule has 17 heavy (non-hydrogen) atoms. The second kappa shape index (κ2) is 4.61. The van der Waals surface area contributed by atoms with E-state index in [-0.39, 0.29) is 17.9 Å². The number of carboxylic acids is 1. The summed E-state index contributed by atoms with van der Waals surface area (Å²) in [5.41, 5.74) is -0.0308. The molecule has 0 radical (unpaired) electrons. The van der Waals surface area contributed by atoms with Crippen LogP contribution in [0.3, 0.4) is 0 Å². The van der Waals surface area contributed by atoms with Crippen LogP contribution in [-0.4, -0.2) is 28.3 Å². The SMILES string of the molecule is CC(C)Oc1cnc(C(=O)O)cc1OC1CC1. The van der Waals surface area contributed by atoms with Crippen molar-refractivity contribution in [2.75, 3.05) is 0 Å². The molecule has 0 aliphatic heterocycles. The molecule has 1 saturated carbocycles. The maximum atomic E-state index is 10.8. The summed E-state index contributed by atoms with van der Waals surface area (Å²) in [6.45, 7) is 3.79. The highest BCUT2D eigenvalue weighted by molar-refractivity contribution is 5.86. The molecule has 0 spiro atoms. The number of carbonyl (C=O) groups is 1. The lowest BCUT2D eigenvalue weighted by Gasteiger charge is -2.14. The van der Waals surface area contributed by atoms with Crippen molar-refractivity contribution >= 4 is 5.97 Å². The molecule has 0 atom stereocenters. The summed E-state index contributed by atoms with van der Waals surface area (Å²) >= 11 is 0. The lowest BCUT2D eigenvalue weighted by molar-refractivity contribution is 0.0689. The summed E-state index contributed by atoms with van der Waals surface area (Å²) in [4.78, 5) is 14.6. The molecule has 0 aromatic carbocycles. The fourth-order valence-corrected chi connectivity index (χ4v) is 1.34. The molecule has 2 rings (SSSR count). The molecular formula is C12H15NO4. The van der Waals surface area contributed by atoms with E-state index in [1.54, 1.807) is 0 Å². The second-order valence-corrected chi connectivity index (χ2v) is 4.31. The fraction of sp³-hybridized carbons (Fsp3) is 0.500. The molecule has 1 aromatic rings. The molecule has 5 heteroatoms. The third kappa shape index (κ3) is 3.09. The van der Waals surface area contributed by atoms with Crippen molar-refractivity contribution < 1.29 is 19.4 Å². The molecule has 1 heterocycles. The van der Waals surface area contributed by atoms with E-state index in [2.05, 4.69) is 4.98 Å². The molecule has 1 aliphatic rings. The summed E-state index contributed by atoms with van der Waals surface area (Å²) in [6, 6.07) is 1.42. The van der Waals surface area contributed by atoms with Crippen molar-refractivity contribution in [1.82, 2.24) is 4.98 Å². The third-order valence-electron chi connectivity index (χ3n) is 2.23. The first kappa shape index (κ1) is 11.7. The average Bonchev–Trinajstić information content (AvgIpc) is 3.03. The van der Waals surface area contributed by atoms with Crippen LogP contribution in [0, 0.1) is 0 Å². The second-order valence-electron chi connectivity index (χ2n) is 4.31. The Hall–Kier alpha value is -1.78. The molecule has 92 valence electrons. The molecule has 5 nitrogen and oxygen atoms in total. The highest BCUT2D eigenvalue weighted by atomic mass is 16.5. The van der Waals surface area contributed by atoms with Crippen molar-refractivity contribution in [3.05, 3.63) is 18.0 Å². The lowest BCUT2D eigenvalue weighted by atomic mass is 10.3. The summed E-state index contributed by atoms with van der Waals surface area (Å²) in [6.07, 6.45) is 3.60. The van der Waals surface area contributed by atoms with Crippen molar-refractivity contribution in [3.8, 4) is 11.5 Å². The highest BCUT2D eigenvalue weighted by Crippen LogP contribution is 2.34. The number of pyridine rings is 1. The van der Waals surface area contributed by atoms with E-state index in [0.29, 0.717) is 11.5 Å². The van der Waals surface area contributed by atoms with Gasteiger partial charge in [0.2, 0.25) is 0 Å². The van der Waals surface area contributed by atoms with Gasteiger partial charge in [-0.1, -0.05) is 0 Å². The number of aromatic nitrogens is 1. The highest BCUT2D eigenvalue weighted by Gasteiger charge is 2.26. The Morgan fingerprint density at radius 1 is 1.47 bits per heavy atom. The zero-order chi connectivity index (χ0) is 12.4. The number of carboxylic acid groups (broad SMARTS) is 1. The van der Waals surface area contributed by atoms with Crippen molar-refractivity contribution in [3.63, 3.8) is 0 Å². The van der Waals surface area contributed by atoms with Crippen LogP contribution in [0.4, 0.5) is 0 Å². The van der Waals surface area contributed by atoms with Gasteiger partial charge >= 0.3 is 5.97 Å². The number of rotatable bonds is 5. The first-order valence-corrected chi connectivity index (χ1v) is 5.63. The zero-order valence-corrected chi connectivity index (χ0v) is 9.84. The summed E-state index contributed by atoms with van der Waals surface area (Å²) < 4.78 is 11.1. The zero-order valence-electron chi connectivity index (χ0n) is 9.84. The van der Waals surface area contributed by atoms with Gasteiger partial charge in [0.15, 0.2) is 17.2 Å². The van der Waals surface area contributed by atoms with Gasteiger partial charge in [-0.2, -0.15) is 0 Å². The Morgan fingerprint density at radius 2 is 2.18 bits per heavy atom. The van der Waals surface area contributed by atoms with Gasteiger partial charge in [-0.15, -0.1) is 0 Å². The monoisotopic (exact) mass is 237 g/mol. The van der Waals surface area contributed by atoms with Crippen LogP contribution in [-0.2, 0) is 0 Å². The Balaban J connectivity index is 2.25. The smallest absolute Gasteiger partial charge is 0.354 e. The van der Waals surface area contributed by atoms with Crippen molar-refractivity contribution in [2.45, 2.75) is 38.9 Å². The van der Waals surface area contributed by atoms with E-state index in [4.69, 9.17) is 14.6 Å².